The van der Waals surface area contributed by atoms with E-state index in [1.807, 2.05) is 38.6 Å². The van der Waals surface area contributed by atoms with Crippen LogP contribution in [0.1, 0.15) is 37.6 Å². The van der Waals surface area contributed by atoms with Crippen LogP contribution >= 0.6 is 0 Å². The first-order valence-corrected chi connectivity index (χ1v) is 7.18. The highest BCUT2D eigenvalue weighted by atomic mass is 16.5. The Balaban J connectivity index is 2.31. The molecule has 0 amide bonds. The van der Waals surface area contributed by atoms with E-state index >= 15 is 0 Å². The zero-order valence-corrected chi connectivity index (χ0v) is 12.5. The van der Waals surface area contributed by atoms with Crippen LogP contribution in [-0.4, -0.2) is 22.7 Å². The van der Waals surface area contributed by atoms with Crippen LogP contribution in [-0.2, 0) is 7.05 Å². The van der Waals surface area contributed by atoms with Gasteiger partial charge in [-0.2, -0.15) is 0 Å². The lowest BCUT2D eigenvalue weighted by atomic mass is 10.0. The van der Waals surface area contributed by atoms with E-state index < -0.39 is 0 Å². The van der Waals surface area contributed by atoms with Crippen LogP contribution in [0.3, 0.4) is 0 Å². The van der Waals surface area contributed by atoms with E-state index in [1.54, 1.807) is 0 Å². The summed E-state index contributed by atoms with van der Waals surface area (Å²) in [5.74, 6) is 0.912. The van der Waals surface area contributed by atoms with Gasteiger partial charge in [-0.1, -0.05) is 19.1 Å². The minimum atomic E-state index is 0.142. The Labute approximate surface area is 120 Å². The van der Waals surface area contributed by atoms with Crippen LogP contribution in [0, 0.1) is 0 Å². The highest BCUT2D eigenvalue weighted by Gasteiger charge is 2.16. The number of imidazole rings is 1. The summed E-state index contributed by atoms with van der Waals surface area (Å²) in [5, 5.41) is 3.58. The van der Waals surface area contributed by atoms with Gasteiger partial charge in [0.25, 0.3) is 0 Å². The molecule has 1 unspecified atom stereocenters. The van der Waals surface area contributed by atoms with E-state index in [0.717, 1.165) is 24.4 Å². The molecule has 4 heteroatoms. The van der Waals surface area contributed by atoms with Crippen LogP contribution in [0.15, 0.2) is 36.8 Å². The van der Waals surface area contributed by atoms with Gasteiger partial charge < -0.3 is 14.6 Å². The maximum Gasteiger partial charge on any atom is 0.119 e. The van der Waals surface area contributed by atoms with Gasteiger partial charge >= 0.3 is 0 Å². The Hall–Kier alpha value is -1.81. The molecule has 2 rings (SSSR count). The number of nitrogens with one attached hydrogen (secondary N) is 1. The van der Waals surface area contributed by atoms with E-state index in [0.29, 0.717) is 6.61 Å². The normalized spacial score (nSPS) is 12.3. The van der Waals surface area contributed by atoms with Crippen molar-refractivity contribution in [1.29, 1.82) is 0 Å². The second-order valence-corrected chi connectivity index (χ2v) is 4.82. The first-order valence-electron chi connectivity index (χ1n) is 7.18. The summed E-state index contributed by atoms with van der Waals surface area (Å²) in [6, 6.07) is 8.40. The molecule has 0 saturated heterocycles. The zero-order valence-electron chi connectivity index (χ0n) is 12.5. The third-order valence-electron chi connectivity index (χ3n) is 3.25. The second-order valence-electron chi connectivity index (χ2n) is 4.82. The molecular formula is C16H23N3O. The average molecular weight is 273 g/mol. The standard InChI is InChI=1S/C16H23N3O/c1-4-9-18-16(15-11-17-12-19(15)3)13-7-6-8-14(10-13)20-5-2/h6-8,10-12,16,18H,4-5,9H2,1-3H3. The number of nitrogens with zero attached hydrogens (tertiary/aromatic N) is 2. The van der Waals surface area contributed by atoms with Gasteiger partial charge in [0.05, 0.1) is 30.9 Å². The number of aromatic nitrogens is 2. The lowest BCUT2D eigenvalue weighted by Gasteiger charge is -2.20. The molecule has 2 aromatic rings. The third kappa shape index (κ3) is 3.39. The van der Waals surface area contributed by atoms with Crippen LogP contribution in [0.2, 0.25) is 0 Å². The van der Waals surface area contributed by atoms with Gasteiger partial charge in [0.2, 0.25) is 0 Å². The number of benzene rings is 1. The topological polar surface area (TPSA) is 39.1 Å². The number of hydrogen-bond donors (Lipinski definition) is 1. The van der Waals surface area contributed by atoms with Crippen molar-refractivity contribution in [2.24, 2.45) is 7.05 Å². The molecule has 1 atom stereocenters. The van der Waals surface area contributed by atoms with Crippen molar-refractivity contribution >= 4 is 0 Å². The zero-order chi connectivity index (χ0) is 14.4. The molecule has 20 heavy (non-hydrogen) atoms. The molecule has 1 N–H and O–H groups in total. The van der Waals surface area contributed by atoms with Crippen molar-refractivity contribution in [3.05, 3.63) is 48.0 Å². The van der Waals surface area contributed by atoms with Crippen molar-refractivity contribution in [1.82, 2.24) is 14.9 Å². The van der Waals surface area contributed by atoms with Crippen LogP contribution in [0.4, 0.5) is 0 Å². The Morgan fingerprint density at radius 2 is 2.20 bits per heavy atom. The number of ether oxygens (including phenoxy) is 1. The Morgan fingerprint density at radius 3 is 2.85 bits per heavy atom. The summed E-state index contributed by atoms with van der Waals surface area (Å²) in [5.41, 5.74) is 2.36. The molecule has 0 aliphatic heterocycles. The lowest BCUT2D eigenvalue weighted by Crippen LogP contribution is -2.25. The van der Waals surface area contributed by atoms with Crippen molar-refractivity contribution in [2.75, 3.05) is 13.2 Å². The summed E-state index contributed by atoms with van der Waals surface area (Å²) >= 11 is 0. The van der Waals surface area contributed by atoms with Crippen LogP contribution < -0.4 is 10.1 Å². The van der Waals surface area contributed by atoms with Crippen LogP contribution in [0.5, 0.6) is 5.75 Å². The Bertz CT molecular complexity index is 536. The van der Waals surface area contributed by atoms with E-state index in [4.69, 9.17) is 4.74 Å². The highest BCUT2D eigenvalue weighted by molar-refractivity contribution is 5.34. The second kappa shape index (κ2) is 7.10. The summed E-state index contributed by atoms with van der Waals surface area (Å²) in [7, 11) is 2.02. The predicted molar refractivity (Wildman–Crippen MR) is 81.0 cm³/mol. The van der Waals surface area contributed by atoms with Crippen molar-refractivity contribution in [3.8, 4) is 5.75 Å². The van der Waals surface area contributed by atoms with E-state index in [-0.39, 0.29) is 6.04 Å². The van der Waals surface area contributed by atoms with Gasteiger partial charge in [-0.3, -0.25) is 0 Å². The van der Waals surface area contributed by atoms with E-state index in [1.165, 1.54) is 5.56 Å². The molecule has 0 radical (unpaired) electrons. The first kappa shape index (κ1) is 14.6. The average Bonchev–Trinajstić information content (AvgIpc) is 2.87. The third-order valence-corrected chi connectivity index (χ3v) is 3.25. The summed E-state index contributed by atoms with van der Waals surface area (Å²) in [4.78, 5) is 4.23. The van der Waals surface area contributed by atoms with Gasteiger partial charge in [0.15, 0.2) is 0 Å². The monoisotopic (exact) mass is 273 g/mol. The molecule has 4 nitrogen and oxygen atoms in total. The number of rotatable bonds is 7. The maximum absolute atomic E-state index is 5.60. The quantitative estimate of drug-likeness (QED) is 0.843. The molecule has 0 fully saturated rings. The number of aryl methyl sites for hydroxylation is 1. The van der Waals surface area contributed by atoms with Crippen molar-refractivity contribution in [2.45, 2.75) is 26.3 Å². The molecule has 108 valence electrons. The van der Waals surface area contributed by atoms with Gasteiger partial charge in [-0.15, -0.1) is 0 Å². The fourth-order valence-electron chi connectivity index (χ4n) is 2.28. The molecule has 0 aliphatic rings. The smallest absolute Gasteiger partial charge is 0.119 e. The SMILES string of the molecule is CCCNC(c1cccc(OCC)c1)c1cncn1C. The van der Waals surface area contributed by atoms with Gasteiger partial charge in [0, 0.05) is 7.05 Å². The lowest BCUT2D eigenvalue weighted by molar-refractivity contribution is 0.339. The van der Waals surface area contributed by atoms with Crippen molar-refractivity contribution in [3.63, 3.8) is 0 Å². The van der Waals surface area contributed by atoms with Crippen molar-refractivity contribution < 1.29 is 4.74 Å². The van der Waals surface area contributed by atoms with Crippen LogP contribution in [0.25, 0.3) is 0 Å². The molecular weight excluding hydrogens is 250 g/mol. The molecule has 1 aromatic carbocycles. The molecule has 0 aliphatic carbocycles. The van der Waals surface area contributed by atoms with Gasteiger partial charge in [-0.05, 0) is 37.6 Å². The molecule has 0 bridgehead atoms. The number of hydrogen-bond acceptors (Lipinski definition) is 3. The fraction of sp³-hybridized carbons (Fsp3) is 0.438. The first-order chi connectivity index (χ1) is 9.76. The Morgan fingerprint density at radius 1 is 1.35 bits per heavy atom. The Kier molecular flexibility index (Phi) is 5.18. The summed E-state index contributed by atoms with van der Waals surface area (Å²) < 4.78 is 7.65. The molecule has 0 spiro atoms. The van der Waals surface area contributed by atoms with E-state index in [2.05, 4.69) is 33.9 Å². The molecule has 0 saturated carbocycles. The maximum atomic E-state index is 5.60. The largest absolute Gasteiger partial charge is 0.494 e. The predicted octanol–water partition coefficient (Wildman–Crippen LogP) is 2.91. The molecule has 1 aromatic heterocycles. The minimum Gasteiger partial charge on any atom is -0.494 e. The van der Waals surface area contributed by atoms with Gasteiger partial charge in [-0.25, -0.2) is 4.98 Å². The summed E-state index contributed by atoms with van der Waals surface area (Å²) in [6.45, 7) is 5.82. The summed E-state index contributed by atoms with van der Waals surface area (Å²) in [6.07, 6.45) is 4.85. The molecule has 1 heterocycles. The van der Waals surface area contributed by atoms with Gasteiger partial charge in [0.1, 0.15) is 5.75 Å². The highest BCUT2D eigenvalue weighted by Crippen LogP contribution is 2.25. The van der Waals surface area contributed by atoms with E-state index in [9.17, 15) is 0 Å². The minimum absolute atomic E-state index is 0.142. The fourth-order valence-corrected chi connectivity index (χ4v) is 2.28.